The molecule has 29 heavy (non-hydrogen) atoms. The van der Waals surface area contributed by atoms with Crippen LogP contribution in [0.4, 0.5) is 5.69 Å². The smallest absolute Gasteiger partial charge is 0.227 e. The van der Waals surface area contributed by atoms with Crippen LogP contribution in [0.15, 0.2) is 66.0 Å². The highest BCUT2D eigenvalue weighted by atomic mass is 32.2. The van der Waals surface area contributed by atoms with Gasteiger partial charge in [0.25, 0.3) is 0 Å². The molecule has 2 amide bonds. The topological polar surface area (TPSA) is 80.1 Å². The lowest BCUT2D eigenvalue weighted by Crippen LogP contribution is -2.36. The second kappa shape index (κ2) is 8.91. The molecule has 0 saturated heterocycles. The minimum absolute atomic E-state index is 0.0218. The van der Waals surface area contributed by atoms with Crippen molar-refractivity contribution < 1.29 is 9.59 Å². The largest absolute Gasteiger partial charge is 0.352 e. The van der Waals surface area contributed by atoms with Gasteiger partial charge in [0.2, 0.25) is 11.8 Å². The Morgan fingerprint density at radius 1 is 1.07 bits per heavy atom. The lowest BCUT2D eigenvalue weighted by molar-refractivity contribution is -0.125. The Morgan fingerprint density at radius 3 is 2.83 bits per heavy atom. The number of thioether (sulfide) groups is 1. The molecule has 0 saturated carbocycles. The monoisotopic (exact) mass is 407 g/mol. The van der Waals surface area contributed by atoms with Crippen molar-refractivity contribution in [3.05, 3.63) is 66.6 Å². The van der Waals surface area contributed by atoms with E-state index in [9.17, 15) is 9.59 Å². The molecule has 1 aromatic carbocycles. The van der Waals surface area contributed by atoms with E-state index in [-0.39, 0.29) is 24.7 Å². The number of anilines is 1. The van der Waals surface area contributed by atoms with E-state index in [0.29, 0.717) is 18.9 Å². The lowest BCUT2D eigenvalue weighted by atomic mass is 10.2. The fourth-order valence-corrected chi connectivity index (χ4v) is 4.23. The Balaban J connectivity index is 1.32. The van der Waals surface area contributed by atoms with Crippen LogP contribution < -0.4 is 10.2 Å². The molecule has 0 spiro atoms. The molecule has 1 aliphatic rings. The van der Waals surface area contributed by atoms with E-state index in [1.165, 1.54) is 0 Å². The number of hydrogen-bond donors (Lipinski definition) is 1. The quantitative estimate of drug-likeness (QED) is 0.680. The first-order valence-corrected chi connectivity index (χ1v) is 10.4. The van der Waals surface area contributed by atoms with Gasteiger partial charge in [0, 0.05) is 60.7 Å². The summed E-state index contributed by atoms with van der Waals surface area (Å²) in [5, 5.41) is 7.08. The summed E-state index contributed by atoms with van der Waals surface area (Å²) in [5.74, 6) is 1.36. The van der Waals surface area contributed by atoms with Crippen LogP contribution in [0, 0.1) is 0 Å². The predicted octanol–water partition coefficient (Wildman–Crippen LogP) is 2.80. The molecule has 1 aliphatic heterocycles. The average Bonchev–Trinajstić information content (AvgIpc) is 3.30. The Morgan fingerprint density at radius 2 is 1.97 bits per heavy atom. The Labute approximate surface area is 173 Å². The van der Waals surface area contributed by atoms with Gasteiger partial charge in [0.05, 0.1) is 5.69 Å². The Hall–Kier alpha value is -3.13. The highest BCUT2D eigenvalue weighted by molar-refractivity contribution is 7.99. The second-order valence-electron chi connectivity index (χ2n) is 6.58. The third-order valence-electron chi connectivity index (χ3n) is 4.66. The number of para-hydroxylation sites is 1. The number of hydrogen-bond acceptors (Lipinski definition) is 5. The van der Waals surface area contributed by atoms with Gasteiger partial charge in [-0.3, -0.25) is 9.59 Å². The van der Waals surface area contributed by atoms with Gasteiger partial charge in [-0.05, 0) is 24.3 Å². The zero-order valence-electron chi connectivity index (χ0n) is 15.8. The third-order valence-corrected chi connectivity index (χ3v) is 5.70. The summed E-state index contributed by atoms with van der Waals surface area (Å²) < 4.78 is 1.66. The number of benzene rings is 1. The van der Waals surface area contributed by atoms with Crippen molar-refractivity contribution in [2.45, 2.75) is 24.3 Å². The molecule has 8 heteroatoms. The number of nitrogens with one attached hydrogen (secondary N) is 1. The van der Waals surface area contributed by atoms with Crippen LogP contribution in [0.25, 0.3) is 5.82 Å². The van der Waals surface area contributed by atoms with Gasteiger partial charge in [-0.25, -0.2) is 9.67 Å². The van der Waals surface area contributed by atoms with Crippen molar-refractivity contribution in [1.82, 2.24) is 20.1 Å². The van der Waals surface area contributed by atoms with Crippen molar-refractivity contribution in [3.63, 3.8) is 0 Å². The molecular weight excluding hydrogens is 386 g/mol. The van der Waals surface area contributed by atoms with Gasteiger partial charge in [0.1, 0.15) is 0 Å². The van der Waals surface area contributed by atoms with E-state index in [4.69, 9.17) is 0 Å². The van der Waals surface area contributed by atoms with E-state index in [1.54, 1.807) is 39.9 Å². The van der Waals surface area contributed by atoms with Crippen molar-refractivity contribution in [3.8, 4) is 5.82 Å². The summed E-state index contributed by atoms with van der Waals surface area (Å²) in [6, 6.07) is 13.4. The SMILES string of the molecule is O=C(CCC(=O)N1CCSc2ccccc21)NCc1cccnc1-n1cccn1. The molecule has 0 aliphatic carbocycles. The number of nitrogens with zero attached hydrogens (tertiary/aromatic N) is 4. The number of carbonyl (C=O) groups excluding carboxylic acids is 2. The van der Waals surface area contributed by atoms with Crippen molar-refractivity contribution in [1.29, 1.82) is 0 Å². The predicted molar refractivity (Wildman–Crippen MR) is 112 cm³/mol. The molecule has 4 rings (SSSR count). The van der Waals surface area contributed by atoms with E-state index in [0.717, 1.165) is 21.9 Å². The number of aromatic nitrogens is 3. The van der Waals surface area contributed by atoms with Crippen LogP contribution in [0.3, 0.4) is 0 Å². The molecule has 148 valence electrons. The number of amides is 2. The van der Waals surface area contributed by atoms with Crippen LogP contribution in [-0.2, 0) is 16.1 Å². The number of pyridine rings is 1. The van der Waals surface area contributed by atoms with Gasteiger partial charge >= 0.3 is 0 Å². The van der Waals surface area contributed by atoms with Crippen LogP contribution in [0.1, 0.15) is 18.4 Å². The fraction of sp³-hybridized carbons (Fsp3) is 0.238. The highest BCUT2D eigenvalue weighted by Crippen LogP contribution is 2.34. The summed E-state index contributed by atoms with van der Waals surface area (Å²) >= 11 is 1.75. The van der Waals surface area contributed by atoms with Gasteiger partial charge in [-0.1, -0.05) is 18.2 Å². The minimum atomic E-state index is -0.159. The normalized spacial score (nSPS) is 13.0. The van der Waals surface area contributed by atoms with E-state index >= 15 is 0 Å². The Bertz CT molecular complexity index is 1010. The van der Waals surface area contributed by atoms with Crippen LogP contribution >= 0.6 is 11.8 Å². The lowest BCUT2D eigenvalue weighted by Gasteiger charge is -2.29. The molecule has 1 N–H and O–H groups in total. The van der Waals surface area contributed by atoms with Crippen LogP contribution in [-0.4, -0.2) is 38.9 Å². The zero-order chi connectivity index (χ0) is 20.1. The second-order valence-corrected chi connectivity index (χ2v) is 7.71. The maximum atomic E-state index is 12.7. The molecule has 3 aromatic rings. The maximum absolute atomic E-state index is 12.7. The first kappa shape index (κ1) is 19.2. The molecule has 0 unspecified atom stereocenters. The van der Waals surface area contributed by atoms with E-state index < -0.39 is 0 Å². The summed E-state index contributed by atoms with van der Waals surface area (Å²) in [6.45, 7) is 1.00. The highest BCUT2D eigenvalue weighted by Gasteiger charge is 2.22. The molecule has 0 bridgehead atoms. The fourth-order valence-electron chi connectivity index (χ4n) is 3.23. The van der Waals surface area contributed by atoms with Crippen molar-refractivity contribution in [2.24, 2.45) is 0 Å². The molecule has 7 nitrogen and oxygen atoms in total. The van der Waals surface area contributed by atoms with Crippen molar-refractivity contribution in [2.75, 3.05) is 17.2 Å². The Kier molecular flexibility index (Phi) is 5.90. The number of carbonyl (C=O) groups is 2. The van der Waals surface area contributed by atoms with Gasteiger partial charge in [-0.15, -0.1) is 11.8 Å². The molecule has 2 aromatic heterocycles. The number of fused-ring (bicyclic) bond motifs is 1. The minimum Gasteiger partial charge on any atom is -0.352 e. The molecular formula is C21H21N5O2S. The zero-order valence-corrected chi connectivity index (χ0v) is 16.6. The number of rotatable bonds is 6. The summed E-state index contributed by atoms with van der Waals surface area (Å²) in [5.41, 5.74) is 1.80. The van der Waals surface area contributed by atoms with E-state index in [1.807, 2.05) is 42.5 Å². The average molecular weight is 407 g/mol. The third kappa shape index (κ3) is 4.48. The first-order valence-electron chi connectivity index (χ1n) is 9.45. The van der Waals surface area contributed by atoms with E-state index in [2.05, 4.69) is 15.4 Å². The molecule has 3 heterocycles. The summed E-state index contributed by atoms with van der Waals surface area (Å²) in [7, 11) is 0. The van der Waals surface area contributed by atoms with Crippen molar-refractivity contribution >= 4 is 29.3 Å². The van der Waals surface area contributed by atoms with Crippen LogP contribution in [0.2, 0.25) is 0 Å². The molecule has 0 radical (unpaired) electrons. The molecule has 0 fully saturated rings. The maximum Gasteiger partial charge on any atom is 0.227 e. The standard InChI is InChI=1S/C21H21N5O2S/c27-19(23-15-16-5-3-10-22-21(16)26-12-4-11-24-26)8-9-20(28)25-13-14-29-18-7-2-1-6-17(18)25/h1-7,10-12H,8-9,13-15H2,(H,23,27). The first-order chi connectivity index (χ1) is 14.2. The summed E-state index contributed by atoms with van der Waals surface area (Å²) in [6.07, 6.45) is 5.52. The van der Waals surface area contributed by atoms with Crippen LogP contribution in [0.5, 0.6) is 0 Å². The van der Waals surface area contributed by atoms with Gasteiger partial charge in [-0.2, -0.15) is 5.10 Å². The summed E-state index contributed by atoms with van der Waals surface area (Å²) in [4.78, 5) is 32.2. The van der Waals surface area contributed by atoms with Gasteiger partial charge in [0.15, 0.2) is 5.82 Å². The molecule has 0 atom stereocenters. The van der Waals surface area contributed by atoms with Gasteiger partial charge < -0.3 is 10.2 Å².